The van der Waals surface area contributed by atoms with Crippen molar-refractivity contribution in [3.8, 4) is 5.75 Å². The number of hydrogen-bond donors (Lipinski definition) is 3. The Morgan fingerprint density at radius 1 is 0.971 bits per heavy atom. The van der Waals surface area contributed by atoms with Crippen molar-refractivity contribution in [2.75, 3.05) is 11.9 Å². The van der Waals surface area contributed by atoms with E-state index in [2.05, 4.69) is 31.9 Å². The van der Waals surface area contributed by atoms with Crippen LogP contribution < -0.4 is 20.7 Å². The second kappa shape index (κ2) is 13.0. The van der Waals surface area contributed by atoms with Crippen molar-refractivity contribution in [3.05, 3.63) is 94.0 Å². The first kappa shape index (κ1) is 26.4. The van der Waals surface area contributed by atoms with E-state index in [-0.39, 0.29) is 17.1 Å². The number of ether oxygens (including phenoxy) is 1. The summed E-state index contributed by atoms with van der Waals surface area (Å²) in [7, 11) is 0. The minimum atomic E-state index is -0.417. The van der Waals surface area contributed by atoms with Crippen molar-refractivity contribution >= 4 is 50.8 Å². The number of carbonyl (C=O) groups is 2. The number of nitrogens with one attached hydrogen (secondary N) is 3. The third-order valence-electron chi connectivity index (χ3n) is 5.31. The predicted molar refractivity (Wildman–Crippen MR) is 147 cm³/mol. The molecular weight excluding hydrogens is 526 g/mol. The zero-order valence-electron chi connectivity index (χ0n) is 19.6. The van der Waals surface area contributed by atoms with Gasteiger partial charge in [0.25, 0.3) is 11.8 Å². The van der Waals surface area contributed by atoms with E-state index >= 15 is 0 Å². The van der Waals surface area contributed by atoms with Crippen LogP contribution in [0, 0.1) is 0 Å². The standard InChI is InChI=1S/C27H28BrN3O3S/c1-3-18(2)29-25(32)21-11-7-8-12-23(21)30-27(35)31-26(33)22-17-20(28)13-14-24(22)34-16-15-19-9-5-4-6-10-19/h4-14,17-18H,3,15-16H2,1-2H3,(H,29,32)(H2,30,31,33,35). The molecule has 0 aliphatic heterocycles. The van der Waals surface area contributed by atoms with Gasteiger partial charge >= 0.3 is 0 Å². The Morgan fingerprint density at radius 2 is 1.69 bits per heavy atom. The number of rotatable bonds is 9. The van der Waals surface area contributed by atoms with Gasteiger partial charge in [-0.1, -0.05) is 65.3 Å². The summed E-state index contributed by atoms with van der Waals surface area (Å²) in [4.78, 5) is 25.7. The van der Waals surface area contributed by atoms with E-state index in [1.165, 1.54) is 0 Å². The summed E-state index contributed by atoms with van der Waals surface area (Å²) in [5, 5.41) is 8.67. The zero-order valence-corrected chi connectivity index (χ0v) is 22.0. The van der Waals surface area contributed by atoms with Crippen molar-refractivity contribution in [2.45, 2.75) is 32.7 Å². The molecule has 3 aromatic carbocycles. The van der Waals surface area contributed by atoms with Crippen LogP contribution in [0.15, 0.2) is 77.3 Å². The van der Waals surface area contributed by atoms with E-state index < -0.39 is 5.91 Å². The molecule has 1 unspecified atom stereocenters. The van der Waals surface area contributed by atoms with Crippen LogP contribution in [0.3, 0.4) is 0 Å². The summed E-state index contributed by atoms with van der Waals surface area (Å²) < 4.78 is 6.66. The number of halogens is 1. The summed E-state index contributed by atoms with van der Waals surface area (Å²) in [6.45, 7) is 4.37. The summed E-state index contributed by atoms with van der Waals surface area (Å²) in [5.41, 5.74) is 2.44. The zero-order chi connectivity index (χ0) is 25.2. The topological polar surface area (TPSA) is 79.5 Å². The van der Waals surface area contributed by atoms with Gasteiger partial charge in [-0.2, -0.15) is 0 Å². The molecule has 2 amide bonds. The molecule has 0 heterocycles. The maximum Gasteiger partial charge on any atom is 0.261 e. The Labute approximate surface area is 219 Å². The third-order valence-corrected chi connectivity index (χ3v) is 6.01. The second-order valence-corrected chi connectivity index (χ2v) is 9.29. The Kier molecular flexibility index (Phi) is 9.81. The van der Waals surface area contributed by atoms with Crippen molar-refractivity contribution in [3.63, 3.8) is 0 Å². The molecule has 182 valence electrons. The van der Waals surface area contributed by atoms with Crippen LogP contribution >= 0.6 is 28.1 Å². The van der Waals surface area contributed by atoms with Crippen LogP contribution in [0.5, 0.6) is 5.75 Å². The van der Waals surface area contributed by atoms with Crippen molar-refractivity contribution in [1.29, 1.82) is 0 Å². The lowest BCUT2D eigenvalue weighted by atomic mass is 10.1. The molecule has 0 saturated carbocycles. The van der Waals surface area contributed by atoms with E-state index in [0.29, 0.717) is 35.6 Å². The lowest BCUT2D eigenvalue weighted by Crippen LogP contribution is -2.36. The van der Waals surface area contributed by atoms with Gasteiger partial charge in [0.15, 0.2) is 5.11 Å². The van der Waals surface area contributed by atoms with Gasteiger partial charge in [-0.15, -0.1) is 0 Å². The molecule has 1 atom stereocenters. The molecule has 8 heteroatoms. The highest BCUT2D eigenvalue weighted by Gasteiger charge is 2.17. The van der Waals surface area contributed by atoms with E-state index in [1.54, 1.807) is 36.4 Å². The summed E-state index contributed by atoms with van der Waals surface area (Å²) in [5.74, 6) is -0.171. The van der Waals surface area contributed by atoms with Crippen LogP contribution in [-0.2, 0) is 6.42 Å². The predicted octanol–water partition coefficient (Wildman–Crippen LogP) is 5.73. The highest BCUT2D eigenvalue weighted by molar-refractivity contribution is 9.10. The molecular formula is C27H28BrN3O3S. The number of para-hydroxylation sites is 1. The van der Waals surface area contributed by atoms with Gasteiger partial charge in [-0.3, -0.25) is 14.9 Å². The number of thiocarbonyl (C=S) groups is 1. The van der Waals surface area contributed by atoms with Gasteiger partial charge in [-0.25, -0.2) is 0 Å². The first-order valence-corrected chi connectivity index (χ1v) is 12.6. The van der Waals surface area contributed by atoms with Gasteiger partial charge in [0, 0.05) is 16.9 Å². The molecule has 3 N–H and O–H groups in total. The normalized spacial score (nSPS) is 11.3. The quantitative estimate of drug-likeness (QED) is 0.295. The molecule has 0 aliphatic carbocycles. The van der Waals surface area contributed by atoms with Gasteiger partial charge in [-0.05, 0) is 61.5 Å². The first-order chi connectivity index (χ1) is 16.9. The molecule has 0 aliphatic rings. The van der Waals surface area contributed by atoms with E-state index in [1.807, 2.05) is 50.2 Å². The van der Waals surface area contributed by atoms with Crippen LogP contribution in [0.25, 0.3) is 0 Å². The SMILES string of the molecule is CCC(C)NC(=O)c1ccccc1NC(=S)NC(=O)c1cc(Br)ccc1OCCc1ccccc1. The Bertz CT molecular complexity index is 1190. The monoisotopic (exact) mass is 553 g/mol. The highest BCUT2D eigenvalue weighted by atomic mass is 79.9. The molecule has 3 aromatic rings. The van der Waals surface area contributed by atoms with Crippen molar-refractivity contribution in [1.82, 2.24) is 10.6 Å². The van der Waals surface area contributed by atoms with E-state index in [9.17, 15) is 9.59 Å². The molecule has 0 spiro atoms. The second-order valence-electron chi connectivity index (χ2n) is 7.96. The Morgan fingerprint density at radius 3 is 2.43 bits per heavy atom. The largest absolute Gasteiger partial charge is 0.492 e. The van der Waals surface area contributed by atoms with Crippen LogP contribution in [0.2, 0.25) is 0 Å². The van der Waals surface area contributed by atoms with Gasteiger partial charge < -0.3 is 15.4 Å². The molecule has 35 heavy (non-hydrogen) atoms. The average molecular weight is 555 g/mol. The molecule has 0 bridgehead atoms. The smallest absolute Gasteiger partial charge is 0.261 e. The number of amides is 2. The van der Waals surface area contributed by atoms with E-state index in [0.717, 1.165) is 16.5 Å². The summed E-state index contributed by atoms with van der Waals surface area (Å²) in [6.07, 6.45) is 1.53. The number of benzene rings is 3. The van der Waals surface area contributed by atoms with Crippen molar-refractivity contribution in [2.24, 2.45) is 0 Å². The van der Waals surface area contributed by atoms with Crippen molar-refractivity contribution < 1.29 is 14.3 Å². The maximum absolute atomic E-state index is 13.0. The third kappa shape index (κ3) is 7.90. The molecule has 3 rings (SSSR count). The fraction of sp³-hybridized carbons (Fsp3) is 0.222. The fourth-order valence-corrected chi connectivity index (χ4v) is 3.81. The Balaban J connectivity index is 1.66. The molecule has 0 saturated heterocycles. The van der Waals surface area contributed by atoms with Crippen LogP contribution in [0.4, 0.5) is 5.69 Å². The maximum atomic E-state index is 13.0. The molecule has 0 fully saturated rings. The van der Waals surface area contributed by atoms with E-state index in [4.69, 9.17) is 17.0 Å². The fourth-order valence-electron chi connectivity index (χ4n) is 3.25. The van der Waals surface area contributed by atoms with Gasteiger partial charge in [0.05, 0.1) is 23.4 Å². The van der Waals surface area contributed by atoms with Crippen LogP contribution in [-0.4, -0.2) is 29.6 Å². The molecule has 0 radical (unpaired) electrons. The highest BCUT2D eigenvalue weighted by Crippen LogP contribution is 2.24. The lowest BCUT2D eigenvalue weighted by molar-refractivity contribution is 0.0938. The average Bonchev–Trinajstić information content (AvgIpc) is 2.85. The summed E-state index contributed by atoms with van der Waals surface area (Å²) in [6, 6.07) is 22.3. The van der Waals surface area contributed by atoms with Crippen LogP contribution in [0.1, 0.15) is 46.5 Å². The number of hydrogen-bond acceptors (Lipinski definition) is 4. The van der Waals surface area contributed by atoms with Gasteiger partial charge in [0.2, 0.25) is 0 Å². The first-order valence-electron chi connectivity index (χ1n) is 11.4. The Hall–Kier alpha value is -3.23. The lowest BCUT2D eigenvalue weighted by Gasteiger charge is -2.16. The minimum Gasteiger partial charge on any atom is -0.492 e. The number of anilines is 1. The molecule has 6 nitrogen and oxygen atoms in total. The number of carbonyl (C=O) groups excluding carboxylic acids is 2. The molecule has 0 aromatic heterocycles. The summed E-state index contributed by atoms with van der Waals surface area (Å²) >= 11 is 8.78. The minimum absolute atomic E-state index is 0.0408. The van der Waals surface area contributed by atoms with Gasteiger partial charge in [0.1, 0.15) is 5.75 Å².